The first-order valence-corrected chi connectivity index (χ1v) is 12.6. The lowest BCUT2D eigenvalue weighted by Gasteiger charge is -2.25. The topological polar surface area (TPSA) is 147 Å². The van der Waals surface area contributed by atoms with Crippen LogP contribution in [-0.4, -0.2) is 19.9 Å². The van der Waals surface area contributed by atoms with Crippen LogP contribution < -0.4 is 0 Å². The summed E-state index contributed by atoms with van der Waals surface area (Å²) >= 11 is 0. The van der Waals surface area contributed by atoms with E-state index in [1.165, 1.54) is 0 Å². The van der Waals surface area contributed by atoms with E-state index in [9.17, 15) is 21.0 Å². The highest BCUT2D eigenvalue weighted by Crippen LogP contribution is 2.45. The maximum Gasteiger partial charge on any atom is 0.177 e. The average Bonchev–Trinajstić information content (AvgIpc) is 2.96. The van der Waals surface area contributed by atoms with Crippen molar-refractivity contribution in [3.05, 3.63) is 63.9 Å². The lowest BCUT2D eigenvalue weighted by atomic mass is 9.81. The summed E-state index contributed by atoms with van der Waals surface area (Å²) in [5.41, 5.74) is 6.03. The Morgan fingerprint density at radius 2 is 1.50 bits per heavy atom. The summed E-state index contributed by atoms with van der Waals surface area (Å²) in [6.07, 6.45) is 7.68. The van der Waals surface area contributed by atoms with Crippen molar-refractivity contribution in [3.8, 4) is 35.5 Å². The molecule has 1 aliphatic carbocycles. The number of unbranched alkanes of at least 4 members (excludes halogenated alkanes) is 3. The number of allylic oxidation sites excluding steroid dienone is 2. The van der Waals surface area contributed by atoms with Crippen LogP contribution in [0.2, 0.25) is 0 Å². The fourth-order valence-electron chi connectivity index (χ4n) is 5.30. The molecule has 0 N–H and O–H groups in total. The van der Waals surface area contributed by atoms with Gasteiger partial charge in [-0.2, -0.15) is 21.0 Å². The van der Waals surface area contributed by atoms with Gasteiger partial charge < -0.3 is 0 Å². The second-order valence-electron chi connectivity index (χ2n) is 9.16. The molecule has 2 heterocycles. The van der Waals surface area contributed by atoms with E-state index < -0.39 is 0 Å². The minimum atomic E-state index is -0.0157. The van der Waals surface area contributed by atoms with Crippen molar-refractivity contribution in [1.82, 2.24) is 19.9 Å². The molecule has 2 aromatic carbocycles. The molecule has 0 radical (unpaired) electrons. The van der Waals surface area contributed by atoms with Gasteiger partial charge in [0.2, 0.25) is 0 Å². The van der Waals surface area contributed by atoms with Gasteiger partial charge in [-0.3, -0.25) is 0 Å². The predicted molar refractivity (Wildman–Crippen MR) is 142 cm³/mol. The van der Waals surface area contributed by atoms with Crippen LogP contribution in [0.5, 0.6) is 0 Å². The number of fused-ring (bicyclic) bond motifs is 4. The molecule has 4 aromatic rings. The molecule has 0 fully saturated rings. The molecular weight excluding hydrogens is 472 g/mol. The SMILES string of the molecule is C/C=C(/CCCCCC)c1c2c3c(cccc3c3nc(C#N)c(C#N)nc13)-c1nc(C#N)c(C#N)nc1C2. The largest absolute Gasteiger partial charge is 0.237 e. The van der Waals surface area contributed by atoms with Crippen molar-refractivity contribution in [2.45, 2.75) is 52.4 Å². The molecule has 0 spiro atoms. The summed E-state index contributed by atoms with van der Waals surface area (Å²) in [4.78, 5) is 18.4. The molecule has 0 atom stereocenters. The smallest absolute Gasteiger partial charge is 0.177 e. The average molecular weight is 495 g/mol. The highest BCUT2D eigenvalue weighted by molar-refractivity contribution is 6.16. The Labute approximate surface area is 220 Å². The Bertz CT molecular complexity index is 1840. The van der Waals surface area contributed by atoms with Crippen molar-refractivity contribution < 1.29 is 0 Å². The molecule has 0 aliphatic heterocycles. The zero-order valence-corrected chi connectivity index (χ0v) is 21.1. The maximum atomic E-state index is 9.74. The molecule has 2 aromatic heterocycles. The molecule has 38 heavy (non-hydrogen) atoms. The lowest BCUT2D eigenvalue weighted by Crippen LogP contribution is -2.12. The molecule has 0 amide bonds. The van der Waals surface area contributed by atoms with E-state index in [0.29, 0.717) is 28.8 Å². The number of nitriles is 4. The summed E-state index contributed by atoms with van der Waals surface area (Å²) in [6, 6.07) is 13.8. The molecule has 1 aliphatic rings. The molecule has 0 saturated carbocycles. The summed E-state index contributed by atoms with van der Waals surface area (Å²) in [7, 11) is 0. The standard InChI is InChI=1S/C30H22N8/c1-3-5-6-7-9-17(4-2)26-20-12-21-28(36-23(14-32)22(13-31)35-21)18-10-8-11-19(27(18)20)29-30(26)38-25(16-34)24(15-33)37-29/h4,8,10-11H,3,5-7,9,12H2,1-2H3/b17-4-. The van der Waals surface area contributed by atoms with Crippen LogP contribution in [0, 0.1) is 45.3 Å². The molecule has 182 valence electrons. The minimum Gasteiger partial charge on any atom is -0.237 e. The van der Waals surface area contributed by atoms with E-state index in [0.717, 1.165) is 65.1 Å². The monoisotopic (exact) mass is 494 g/mol. The summed E-state index contributed by atoms with van der Waals surface area (Å²) < 4.78 is 0. The second-order valence-corrected chi connectivity index (χ2v) is 9.16. The number of nitrogens with zero attached hydrogens (tertiary/aromatic N) is 8. The Balaban J connectivity index is 1.91. The fourth-order valence-corrected chi connectivity index (χ4v) is 5.30. The number of hydrogen-bond donors (Lipinski definition) is 0. The third kappa shape index (κ3) is 3.81. The van der Waals surface area contributed by atoms with Crippen LogP contribution in [0.1, 0.15) is 85.5 Å². The Hall–Kier alpha value is -5.18. The molecule has 8 heteroatoms. The first-order chi connectivity index (χ1) is 18.6. The minimum absolute atomic E-state index is 0.000238. The number of rotatable bonds is 6. The van der Waals surface area contributed by atoms with Gasteiger partial charge in [-0.15, -0.1) is 0 Å². The zero-order valence-electron chi connectivity index (χ0n) is 21.1. The highest BCUT2D eigenvalue weighted by Gasteiger charge is 2.29. The van der Waals surface area contributed by atoms with Crippen LogP contribution in [0.3, 0.4) is 0 Å². The summed E-state index contributed by atoms with van der Waals surface area (Å²) in [5, 5.41) is 40.3. The van der Waals surface area contributed by atoms with Gasteiger partial charge >= 0.3 is 0 Å². The van der Waals surface area contributed by atoms with Gasteiger partial charge in [0, 0.05) is 22.9 Å². The van der Waals surface area contributed by atoms with E-state index in [1.54, 1.807) is 0 Å². The predicted octanol–water partition coefficient (Wildman–Crippen LogP) is 6.00. The number of hydrogen-bond acceptors (Lipinski definition) is 8. The maximum absolute atomic E-state index is 9.74. The van der Waals surface area contributed by atoms with Gasteiger partial charge in [0.05, 0.1) is 22.4 Å². The highest BCUT2D eigenvalue weighted by atomic mass is 14.9. The molecule has 0 unspecified atom stereocenters. The van der Waals surface area contributed by atoms with Crippen molar-refractivity contribution in [3.63, 3.8) is 0 Å². The third-order valence-electron chi connectivity index (χ3n) is 7.02. The van der Waals surface area contributed by atoms with Crippen LogP contribution in [0.4, 0.5) is 0 Å². The van der Waals surface area contributed by atoms with Crippen molar-refractivity contribution in [2.75, 3.05) is 0 Å². The second kappa shape index (κ2) is 10.1. The van der Waals surface area contributed by atoms with E-state index in [1.807, 2.05) is 49.4 Å². The number of benzene rings is 2. The quantitative estimate of drug-likeness (QED) is 0.206. The Kier molecular flexibility index (Phi) is 6.49. The van der Waals surface area contributed by atoms with Gasteiger partial charge in [0.25, 0.3) is 0 Å². The van der Waals surface area contributed by atoms with Gasteiger partial charge in [-0.1, -0.05) is 50.5 Å². The van der Waals surface area contributed by atoms with Gasteiger partial charge in [-0.25, -0.2) is 19.9 Å². The van der Waals surface area contributed by atoms with E-state index >= 15 is 0 Å². The van der Waals surface area contributed by atoms with Crippen molar-refractivity contribution >= 4 is 27.4 Å². The Morgan fingerprint density at radius 1 is 0.842 bits per heavy atom. The normalized spacial score (nSPS) is 11.9. The number of aromatic nitrogens is 4. The zero-order chi connectivity index (χ0) is 26.8. The van der Waals surface area contributed by atoms with Crippen molar-refractivity contribution in [2.24, 2.45) is 0 Å². The van der Waals surface area contributed by atoms with Crippen LogP contribution in [0.15, 0.2) is 24.3 Å². The van der Waals surface area contributed by atoms with Crippen LogP contribution in [-0.2, 0) is 6.42 Å². The van der Waals surface area contributed by atoms with Gasteiger partial charge in [-0.05, 0) is 36.3 Å². The van der Waals surface area contributed by atoms with E-state index in [2.05, 4.69) is 32.9 Å². The van der Waals surface area contributed by atoms with E-state index in [-0.39, 0.29) is 22.8 Å². The van der Waals surface area contributed by atoms with Gasteiger partial charge in [0.15, 0.2) is 22.8 Å². The van der Waals surface area contributed by atoms with Crippen LogP contribution >= 0.6 is 0 Å². The fraction of sp³-hybridized carbons (Fsp3) is 0.267. The molecule has 8 nitrogen and oxygen atoms in total. The first-order valence-electron chi connectivity index (χ1n) is 12.6. The summed E-state index contributed by atoms with van der Waals surface area (Å²) in [5.74, 6) is 0. The first kappa shape index (κ1) is 24.5. The summed E-state index contributed by atoms with van der Waals surface area (Å²) in [6.45, 7) is 4.17. The third-order valence-corrected chi connectivity index (χ3v) is 7.02. The molecular formula is C30H22N8. The Morgan fingerprint density at radius 3 is 2.16 bits per heavy atom. The van der Waals surface area contributed by atoms with Crippen molar-refractivity contribution in [1.29, 1.82) is 21.0 Å². The lowest BCUT2D eigenvalue weighted by molar-refractivity contribution is 0.678. The van der Waals surface area contributed by atoms with Crippen LogP contribution in [0.25, 0.3) is 38.6 Å². The molecule has 0 bridgehead atoms. The molecule has 5 rings (SSSR count). The molecule has 0 saturated heterocycles. The van der Waals surface area contributed by atoms with Gasteiger partial charge in [0.1, 0.15) is 24.3 Å². The van der Waals surface area contributed by atoms with E-state index in [4.69, 9.17) is 0 Å².